The molecule has 1 heterocycles. The van der Waals surface area contributed by atoms with Gasteiger partial charge in [0, 0.05) is 6.54 Å². The third-order valence-electron chi connectivity index (χ3n) is 3.16. The van der Waals surface area contributed by atoms with Crippen LogP contribution in [0.1, 0.15) is 36.2 Å². The van der Waals surface area contributed by atoms with Crippen LogP contribution in [-0.4, -0.2) is 15.0 Å². The fraction of sp³-hybridized carbons (Fsp3) is 0.429. The van der Waals surface area contributed by atoms with Crippen LogP contribution in [0.3, 0.4) is 0 Å². The van der Waals surface area contributed by atoms with Gasteiger partial charge in [-0.15, -0.1) is 5.10 Å². The number of nitrogens with one attached hydrogen (secondary N) is 1. The molecule has 0 saturated heterocycles. The van der Waals surface area contributed by atoms with Crippen molar-refractivity contribution in [3.8, 4) is 0 Å². The Balaban J connectivity index is 2.18. The van der Waals surface area contributed by atoms with Gasteiger partial charge in [0.25, 0.3) is 0 Å². The molecule has 19 heavy (non-hydrogen) atoms. The SMILES string of the molecule is CCCn1nncc1C(Cc1cccc(C)c1)NN. The minimum absolute atomic E-state index is 0.0309. The lowest BCUT2D eigenvalue weighted by molar-refractivity contribution is 0.474. The van der Waals surface area contributed by atoms with Crippen molar-refractivity contribution in [2.24, 2.45) is 5.84 Å². The first kappa shape index (κ1) is 13.7. The number of hydrogen-bond donors (Lipinski definition) is 2. The average Bonchev–Trinajstić information content (AvgIpc) is 2.85. The Morgan fingerprint density at radius 2 is 2.26 bits per heavy atom. The predicted molar refractivity (Wildman–Crippen MR) is 75.3 cm³/mol. The molecule has 1 aromatic heterocycles. The van der Waals surface area contributed by atoms with Crippen LogP contribution in [0.4, 0.5) is 0 Å². The van der Waals surface area contributed by atoms with E-state index in [4.69, 9.17) is 5.84 Å². The van der Waals surface area contributed by atoms with Crippen molar-refractivity contribution in [1.29, 1.82) is 0 Å². The number of aromatic nitrogens is 3. The first-order valence-electron chi connectivity index (χ1n) is 6.64. The maximum absolute atomic E-state index is 5.70. The average molecular weight is 259 g/mol. The van der Waals surface area contributed by atoms with Gasteiger partial charge in [-0.1, -0.05) is 42.0 Å². The Morgan fingerprint density at radius 3 is 2.95 bits per heavy atom. The van der Waals surface area contributed by atoms with Crippen LogP contribution < -0.4 is 11.3 Å². The van der Waals surface area contributed by atoms with Crippen LogP contribution in [0.15, 0.2) is 30.5 Å². The van der Waals surface area contributed by atoms with Crippen LogP contribution in [0, 0.1) is 6.92 Å². The van der Waals surface area contributed by atoms with Crippen LogP contribution in [0.5, 0.6) is 0 Å². The maximum atomic E-state index is 5.70. The largest absolute Gasteiger partial charge is 0.271 e. The minimum atomic E-state index is 0.0309. The molecule has 3 N–H and O–H groups in total. The van der Waals surface area contributed by atoms with Gasteiger partial charge in [0.05, 0.1) is 17.9 Å². The number of hydrogen-bond acceptors (Lipinski definition) is 4. The molecule has 0 aliphatic rings. The summed E-state index contributed by atoms with van der Waals surface area (Å²) in [5, 5.41) is 8.09. The molecule has 2 rings (SSSR count). The zero-order valence-electron chi connectivity index (χ0n) is 11.5. The Bertz CT molecular complexity index is 520. The molecular weight excluding hydrogens is 238 g/mol. The number of hydrazine groups is 1. The molecule has 1 atom stereocenters. The molecule has 5 nitrogen and oxygen atoms in total. The predicted octanol–water partition coefficient (Wildman–Crippen LogP) is 1.74. The van der Waals surface area contributed by atoms with Crippen molar-refractivity contribution in [3.63, 3.8) is 0 Å². The third-order valence-corrected chi connectivity index (χ3v) is 3.16. The van der Waals surface area contributed by atoms with Crippen molar-refractivity contribution < 1.29 is 0 Å². The smallest absolute Gasteiger partial charge is 0.0773 e. The van der Waals surface area contributed by atoms with E-state index in [1.165, 1.54) is 11.1 Å². The summed E-state index contributed by atoms with van der Waals surface area (Å²) < 4.78 is 1.92. The number of nitrogens with zero attached hydrogens (tertiary/aromatic N) is 3. The Hall–Kier alpha value is -1.72. The topological polar surface area (TPSA) is 68.8 Å². The summed E-state index contributed by atoms with van der Waals surface area (Å²) in [5.41, 5.74) is 6.42. The number of rotatable bonds is 6. The molecule has 0 bridgehead atoms. The highest BCUT2D eigenvalue weighted by Crippen LogP contribution is 2.17. The number of nitrogens with two attached hydrogens (primary N) is 1. The summed E-state index contributed by atoms with van der Waals surface area (Å²) in [5.74, 6) is 5.70. The maximum Gasteiger partial charge on any atom is 0.0773 e. The first-order valence-corrected chi connectivity index (χ1v) is 6.64. The number of benzene rings is 1. The van der Waals surface area contributed by atoms with Gasteiger partial charge in [-0.3, -0.25) is 11.3 Å². The summed E-state index contributed by atoms with van der Waals surface area (Å²) in [6.07, 6.45) is 3.64. The monoisotopic (exact) mass is 259 g/mol. The normalized spacial score (nSPS) is 12.6. The molecule has 2 aromatic rings. The van der Waals surface area contributed by atoms with Crippen LogP contribution in [0.25, 0.3) is 0 Å². The van der Waals surface area contributed by atoms with Gasteiger partial charge in [0.1, 0.15) is 0 Å². The van der Waals surface area contributed by atoms with E-state index in [9.17, 15) is 0 Å². The second kappa shape index (κ2) is 6.45. The molecule has 0 amide bonds. The summed E-state index contributed by atoms with van der Waals surface area (Å²) >= 11 is 0. The van der Waals surface area contributed by atoms with Gasteiger partial charge in [0.15, 0.2) is 0 Å². The molecule has 5 heteroatoms. The highest BCUT2D eigenvalue weighted by molar-refractivity contribution is 5.24. The van der Waals surface area contributed by atoms with Crippen LogP contribution in [0.2, 0.25) is 0 Å². The minimum Gasteiger partial charge on any atom is -0.271 e. The lowest BCUT2D eigenvalue weighted by Crippen LogP contribution is -2.31. The standard InChI is InChI=1S/C14H21N5/c1-3-7-19-14(10-16-18-19)13(17-15)9-12-6-4-5-11(2)8-12/h4-6,8,10,13,17H,3,7,9,15H2,1-2H3. The van der Waals surface area contributed by atoms with Crippen molar-refractivity contribution in [1.82, 2.24) is 20.4 Å². The lowest BCUT2D eigenvalue weighted by atomic mass is 10.0. The molecular formula is C14H21N5. The zero-order valence-corrected chi connectivity index (χ0v) is 11.5. The summed E-state index contributed by atoms with van der Waals surface area (Å²) in [6, 6.07) is 8.49. The molecule has 1 aromatic carbocycles. The van der Waals surface area contributed by atoms with Crippen molar-refractivity contribution in [2.45, 2.75) is 39.3 Å². The molecule has 1 unspecified atom stereocenters. The third kappa shape index (κ3) is 3.39. The van der Waals surface area contributed by atoms with Crippen molar-refractivity contribution in [2.75, 3.05) is 0 Å². The molecule has 0 fully saturated rings. The fourth-order valence-corrected chi connectivity index (χ4v) is 2.24. The van der Waals surface area contributed by atoms with E-state index in [-0.39, 0.29) is 6.04 Å². The number of aryl methyl sites for hydroxylation is 2. The van der Waals surface area contributed by atoms with E-state index in [0.717, 1.165) is 25.1 Å². The van der Waals surface area contributed by atoms with Crippen molar-refractivity contribution >= 4 is 0 Å². The van der Waals surface area contributed by atoms with E-state index in [1.54, 1.807) is 6.20 Å². The Morgan fingerprint density at radius 1 is 1.42 bits per heavy atom. The Kier molecular flexibility index (Phi) is 4.65. The molecule has 0 radical (unpaired) electrons. The van der Waals surface area contributed by atoms with Crippen LogP contribution in [-0.2, 0) is 13.0 Å². The molecule has 102 valence electrons. The second-order valence-corrected chi connectivity index (χ2v) is 4.79. The van der Waals surface area contributed by atoms with Gasteiger partial charge in [-0.05, 0) is 25.3 Å². The zero-order chi connectivity index (χ0) is 13.7. The summed E-state index contributed by atoms with van der Waals surface area (Å²) in [6.45, 7) is 5.08. The van der Waals surface area contributed by atoms with Gasteiger partial charge >= 0.3 is 0 Å². The lowest BCUT2D eigenvalue weighted by Gasteiger charge is -2.17. The van der Waals surface area contributed by atoms with Gasteiger partial charge in [0.2, 0.25) is 0 Å². The van der Waals surface area contributed by atoms with Gasteiger partial charge in [-0.25, -0.2) is 4.68 Å². The van der Waals surface area contributed by atoms with E-state index < -0.39 is 0 Å². The second-order valence-electron chi connectivity index (χ2n) is 4.79. The fourth-order valence-electron chi connectivity index (χ4n) is 2.24. The molecule has 0 saturated carbocycles. The van der Waals surface area contributed by atoms with E-state index in [0.29, 0.717) is 0 Å². The van der Waals surface area contributed by atoms with E-state index in [1.807, 2.05) is 4.68 Å². The van der Waals surface area contributed by atoms with Gasteiger partial charge < -0.3 is 0 Å². The highest BCUT2D eigenvalue weighted by Gasteiger charge is 2.16. The van der Waals surface area contributed by atoms with E-state index in [2.05, 4.69) is 53.9 Å². The summed E-state index contributed by atoms with van der Waals surface area (Å²) in [4.78, 5) is 0. The van der Waals surface area contributed by atoms with E-state index >= 15 is 0 Å². The molecule has 0 aliphatic heterocycles. The highest BCUT2D eigenvalue weighted by atomic mass is 15.4. The van der Waals surface area contributed by atoms with Crippen molar-refractivity contribution in [3.05, 3.63) is 47.3 Å². The summed E-state index contributed by atoms with van der Waals surface area (Å²) in [7, 11) is 0. The quantitative estimate of drug-likeness (QED) is 0.612. The van der Waals surface area contributed by atoms with Crippen LogP contribution >= 0.6 is 0 Å². The molecule has 0 spiro atoms. The first-order chi connectivity index (χ1) is 9.24. The molecule has 0 aliphatic carbocycles. The Labute approximate surface area is 113 Å². The van der Waals surface area contributed by atoms with Gasteiger partial charge in [-0.2, -0.15) is 0 Å².